The maximum atomic E-state index is 10.8. The van der Waals surface area contributed by atoms with Crippen LogP contribution in [0.3, 0.4) is 0 Å². The molecule has 0 bridgehead atoms. The molecule has 22 heavy (non-hydrogen) atoms. The van der Waals surface area contributed by atoms with Crippen LogP contribution < -0.4 is 10.1 Å². The van der Waals surface area contributed by atoms with E-state index in [1.165, 1.54) is 12.3 Å². The predicted molar refractivity (Wildman–Crippen MR) is 82.8 cm³/mol. The fourth-order valence-corrected chi connectivity index (χ4v) is 2.11. The van der Waals surface area contributed by atoms with Crippen LogP contribution in [0.1, 0.15) is 10.5 Å². The van der Waals surface area contributed by atoms with Gasteiger partial charge in [-0.05, 0) is 35.7 Å². The van der Waals surface area contributed by atoms with Crippen molar-refractivity contribution in [3.8, 4) is 5.75 Å². The molecule has 2 heterocycles. The van der Waals surface area contributed by atoms with Crippen LogP contribution >= 0.6 is 0 Å². The summed E-state index contributed by atoms with van der Waals surface area (Å²) in [6.45, 7) is 0. The van der Waals surface area contributed by atoms with Crippen molar-refractivity contribution in [1.82, 2.24) is 9.97 Å². The Bertz CT molecular complexity index is 832. The van der Waals surface area contributed by atoms with E-state index in [4.69, 9.17) is 9.84 Å². The number of anilines is 2. The van der Waals surface area contributed by atoms with Crippen LogP contribution in [0.2, 0.25) is 0 Å². The zero-order valence-corrected chi connectivity index (χ0v) is 11.8. The Labute approximate surface area is 126 Å². The first kappa shape index (κ1) is 13.8. The van der Waals surface area contributed by atoms with Crippen LogP contribution in [0.25, 0.3) is 10.8 Å². The number of hydrogen-bond acceptors (Lipinski definition) is 5. The van der Waals surface area contributed by atoms with Crippen LogP contribution in [-0.4, -0.2) is 28.2 Å². The van der Waals surface area contributed by atoms with E-state index in [2.05, 4.69) is 15.3 Å². The molecule has 6 heteroatoms. The summed E-state index contributed by atoms with van der Waals surface area (Å²) in [6.07, 6.45) is 3.17. The van der Waals surface area contributed by atoms with Crippen molar-refractivity contribution in [2.45, 2.75) is 0 Å². The molecule has 0 atom stereocenters. The highest BCUT2D eigenvalue weighted by Crippen LogP contribution is 2.27. The molecule has 1 aromatic carbocycles. The van der Waals surface area contributed by atoms with Crippen LogP contribution in [0.15, 0.2) is 48.8 Å². The summed E-state index contributed by atoms with van der Waals surface area (Å²) in [4.78, 5) is 19.0. The third-order valence-electron chi connectivity index (χ3n) is 3.22. The summed E-state index contributed by atoms with van der Waals surface area (Å²) in [6, 6.07) is 10.7. The van der Waals surface area contributed by atoms with Crippen LogP contribution in [0, 0.1) is 0 Å². The van der Waals surface area contributed by atoms with Gasteiger partial charge in [-0.2, -0.15) is 0 Å². The topological polar surface area (TPSA) is 84.3 Å². The summed E-state index contributed by atoms with van der Waals surface area (Å²) in [5.74, 6) is 0.337. The van der Waals surface area contributed by atoms with Crippen molar-refractivity contribution in [2.75, 3.05) is 12.4 Å². The summed E-state index contributed by atoms with van der Waals surface area (Å²) < 4.78 is 5.24. The maximum Gasteiger partial charge on any atom is 0.354 e. The summed E-state index contributed by atoms with van der Waals surface area (Å²) >= 11 is 0. The smallest absolute Gasteiger partial charge is 0.354 e. The van der Waals surface area contributed by atoms with Gasteiger partial charge in [0.2, 0.25) is 0 Å². The normalized spacial score (nSPS) is 10.4. The molecule has 0 saturated carbocycles. The Kier molecular flexibility index (Phi) is 3.57. The molecular weight excluding hydrogens is 282 g/mol. The number of nitrogens with zero attached hydrogens (tertiary/aromatic N) is 2. The van der Waals surface area contributed by atoms with E-state index < -0.39 is 5.97 Å². The van der Waals surface area contributed by atoms with E-state index in [0.717, 1.165) is 16.5 Å². The highest BCUT2D eigenvalue weighted by atomic mass is 16.5. The molecule has 0 saturated heterocycles. The molecule has 0 aliphatic carbocycles. The number of carbonyl (C=O) groups is 1. The fraction of sp³-hybridized carbons (Fsp3) is 0.0625. The van der Waals surface area contributed by atoms with Crippen molar-refractivity contribution in [2.24, 2.45) is 0 Å². The number of pyridine rings is 2. The lowest BCUT2D eigenvalue weighted by Gasteiger charge is -2.09. The second-order valence-corrected chi connectivity index (χ2v) is 4.61. The zero-order valence-electron chi connectivity index (χ0n) is 11.8. The molecule has 2 N–H and O–H groups in total. The monoisotopic (exact) mass is 295 g/mol. The molecule has 2 aromatic heterocycles. The third-order valence-corrected chi connectivity index (χ3v) is 3.22. The van der Waals surface area contributed by atoms with Gasteiger partial charge in [0.05, 0.1) is 19.0 Å². The summed E-state index contributed by atoms with van der Waals surface area (Å²) in [5, 5.41) is 13.9. The van der Waals surface area contributed by atoms with E-state index in [9.17, 15) is 4.79 Å². The Morgan fingerprint density at radius 1 is 1.18 bits per heavy atom. The average Bonchev–Trinajstić information content (AvgIpc) is 2.55. The van der Waals surface area contributed by atoms with Crippen LogP contribution in [0.4, 0.5) is 11.5 Å². The molecule has 110 valence electrons. The number of carboxylic acid groups (broad SMARTS) is 1. The molecule has 0 fully saturated rings. The SMILES string of the molecule is COc1ccc2ccnc(Nc3ccc(C(=O)O)nc3)c2c1. The second kappa shape index (κ2) is 5.69. The number of ether oxygens (including phenoxy) is 1. The molecule has 3 rings (SSSR count). The Morgan fingerprint density at radius 2 is 2.05 bits per heavy atom. The van der Waals surface area contributed by atoms with Gasteiger partial charge in [-0.1, -0.05) is 6.07 Å². The Morgan fingerprint density at radius 3 is 2.73 bits per heavy atom. The summed E-state index contributed by atoms with van der Waals surface area (Å²) in [7, 11) is 1.61. The van der Waals surface area contributed by atoms with E-state index in [1.807, 2.05) is 24.3 Å². The number of methoxy groups -OCH3 is 1. The zero-order chi connectivity index (χ0) is 15.5. The first-order valence-electron chi connectivity index (χ1n) is 6.56. The minimum Gasteiger partial charge on any atom is -0.497 e. The lowest BCUT2D eigenvalue weighted by Crippen LogP contribution is -2.01. The molecule has 0 spiro atoms. The van der Waals surface area contributed by atoms with Gasteiger partial charge in [0.1, 0.15) is 17.3 Å². The lowest BCUT2D eigenvalue weighted by atomic mass is 10.1. The van der Waals surface area contributed by atoms with Gasteiger partial charge >= 0.3 is 5.97 Å². The number of aromatic carboxylic acids is 1. The molecule has 0 unspecified atom stereocenters. The van der Waals surface area contributed by atoms with Gasteiger partial charge in [0.15, 0.2) is 0 Å². The van der Waals surface area contributed by atoms with E-state index in [-0.39, 0.29) is 5.69 Å². The Hall–Kier alpha value is -3.15. The van der Waals surface area contributed by atoms with E-state index in [1.54, 1.807) is 19.4 Å². The number of carboxylic acids is 1. The fourth-order valence-electron chi connectivity index (χ4n) is 2.11. The predicted octanol–water partition coefficient (Wildman–Crippen LogP) is 3.08. The third kappa shape index (κ3) is 2.67. The maximum absolute atomic E-state index is 10.8. The first-order valence-corrected chi connectivity index (χ1v) is 6.56. The van der Waals surface area contributed by atoms with Crippen molar-refractivity contribution in [3.05, 3.63) is 54.5 Å². The standard InChI is InChI=1S/C16H13N3O3/c1-22-12-4-2-10-6-7-17-15(13(10)8-12)19-11-3-5-14(16(20)21)18-9-11/h2-9H,1H3,(H,17,19)(H,20,21). The number of aromatic nitrogens is 2. The molecule has 0 amide bonds. The molecule has 3 aromatic rings. The van der Waals surface area contributed by atoms with Crippen LogP contribution in [0.5, 0.6) is 5.75 Å². The minimum atomic E-state index is -1.06. The largest absolute Gasteiger partial charge is 0.497 e. The average molecular weight is 295 g/mol. The van der Waals surface area contributed by atoms with Gasteiger partial charge in [0, 0.05) is 11.6 Å². The molecule has 0 aliphatic rings. The number of nitrogens with one attached hydrogen (secondary N) is 1. The quantitative estimate of drug-likeness (QED) is 0.769. The molecule has 0 aliphatic heterocycles. The number of benzene rings is 1. The van der Waals surface area contributed by atoms with Gasteiger partial charge in [-0.25, -0.2) is 14.8 Å². The minimum absolute atomic E-state index is 0.00176. The Balaban J connectivity index is 1.97. The number of rotatable bonds is 4. The van der Waals surface area contributed by atoms with Crippen molar-refractivity contribution >= 4 is 28.2 Å². The molecule has 6 nitrogen and oxygen atoms in total. The highest BCUT2D eigenvalue weighted by Gasteiger charge is 2.07. The van der Waals surface area contributed by atoms with E-state index in [0.29, 0.717) is 11.5 Å². The lowest BCUT2D eigenvalue weighted by molar-refractivity contribution is 0.0690. The second-order valence-electron chi connectivity index (χ2n) is 4.61. The first-order chi connectivity index (χ1) is 10.7. The van der Waals surface area contributed by atoms with Gasteiger partial charge in [-0.15, -0.1) is 0 Å². The summed E-state index contributed by atoms with van der Waals surface area (Å²) in [5.41, 5.74) is 0.658. The van der Waals surface area contributed by atoms with Gasteiger partial charge in [-0.3, -0.25) is 0 Å². The highest BCUT2D eigenvalue weighted by molar-refractivity contribution is 5.94. The van der Waals surface area contributed by atoms with E-state index >= 15 is 0 Å². The number of hydrogen-bond donors (Lipinski definition) is 2. The molecular formula is C16H13N3O3. The van der Waals surface area contributed by atoms with Crippen molar-refractivity contribution < 1.29 is 14.6 Å². The van der Waals surface area contributed by atoms with Crippen molar-refractivity contribution in [3.63, 3.8) is 0 Å². The van der Waals surface area contributed by atoms with Gasteiger partial charge < -0.3 is 15.2 Å². The van der Waals surface area contributed by atoms with Crippen molar-refractivity contribution in [1.29, 1.82) is 0 Å². The number of fused-ring (bicyclic) bond motifs is 1. The van der Waals surface area contributed by atoms with Crippen LogP contribution in [-0.2, 0) is 0 Å². The van der Waals surface area contributed by atoms with Gasteiger partial charge in [0.25, 0.3) is 0 Å². The molecule has 0 radical (unpaired) electrons.